The average molecular weight is 403 g/mol. The van der Waals surface area contributed by atoms with Crippen LogP contribution in [-0.4, -0.2) is 6.61 Å². The van der Waals surface area contributed by atoms with Crippen LogP contribution in [0.5, 0.6) is 5.75 Å². The first-order valence-electron chi connectivity index (χ1n) is 6.15. The first kappa shape index (κ1) is 15.5. The third kappa shape index (κ3) is 3.40. The summed E-state index contributed by atoms with van der Waals surface area (Å²) in [6.45, 7) is 2.52. The van der Waals surface area contributed by atoms with Gasteiger partial charge in [0.2, 0.25) is 0 Å². The van der Waals surface area contributed by atoms with Gasteiger partial charge in [-0.25, -0.2) is 4.39 Å². The predicted octanol–water partition coefficient (Wildman–Crippen LogP) is 4.80. The highest BCUT2D eigenvalue weighted by Crippen LogP contribution is 2.31. The summed E-state index contributed by atoms with van der Waals surface area (Å²) in [6.07, 6.45) is 0. The van der Waals surface area contributed by atoms with E-state index in [0.717, 1.165) is 15.8 Å². The molecule has 0 aliphatic heterocycles. The van der Waals surface area contributed by atoms with Gasteiger partial charge in [-0.2, -0.15) is 0 Å². The Hall–Kier alpha value is -0.910. The molecule has 0 bridgehead atoms. The van der Waals surface area contributed by atoms with E-state index in [1.54, 1.807) is 12.1 Å². The number of halogens is 3. The third-order valence-electron chi connectivity index (χ3n) is 2.92. The normalized spacial score (nSPS) is 12.2. The van der Waals surface area contributed by atoms with Crippen LogP contribution in [0.1, 0.15) is 24.1 Å². The summed E-state index contributed by atoms with van der Waals surface area (Å²) in [7, 11) is 0. The van der Waals surface area contributed by atoms with Crippen LogP contribution in [0.15, 0.2) is 45.3 Å². The summed E-state index contributed by atoms with van der Waals surface area (Å²) in [5.41, 5.74) is 7.44. The van der Waals surface area contributed by atoms with Crippen molar-refractivity contribution in [2.45, 2.75) is 13.0 Å². The molecule has 20 heavy (non-hydrogen) atoms. The van der Waals surface area contributed by atoms with Crippen molar-refractivity contribution in [3.8, 4) is 5.75 Å². The molecule has 106 valence electrons. The molecule has 0 spiro atoms. The second-order valence-corrected chi connectivity index (χ2v) is 6.03. The van der Waals surface area contributed by atoms with Crippen LogP contribution in [0, 0.1) is 5.82 Å². The quantitative estimate of drug-likeness (QED) is 0.797. The minimum atomic E-state index is -0.534. The largest absolute Gasteiger partial charge is 0.494 e. The second kappa shape index (κ2) is 6.70. The van der Waals surface area contributed by atoms with Gasteiger partial charge in [0.15, 0.2) is 0 Å². The maximum atomic E-state index is 14.0. The topological polar surface area (TPSA) is 35.2 Å². The van der Waals surface area contributed by atoms with Crippen molar-refractivity contribution in [1.29, 1.82) is 0 Å². The number of benzene rings is 2. The molecule has 1 atom stereocenters. The van der Waals surface area contributed by atoms with Gasteiger partial charge in [0.25, 0.3) is 0 Å². The van der Waals surface area contributed by atoms with Crippen molar-refractivity contribution >= 4 is 31.9 Å². The molecule has 5 heteroatoms. The Labute approximate surface area is 134 Å². The Bertz CT molecular complexity index is 619. The molecule has 2 rings (SSSR count). The zero-order chi connectivity index (χ0) is 14.7. The fraction of sp³-hybridized carbons (Fsp3) is 0.200. The summed E-state index contributed by atoms with van der Waals surface area (Å²) in [5.74, 6) is 0.430. The van der Waals surface area contributed by atoms with Crippen molar-refractivity contribution in [2.75, 3.05) is 6.61 Å². The number of hydrogen-bond donors (Lipinski definition) is 1. The van der Waals surface area contributed by atoms with E-state index in [0.29, 0.717) is 16.6 Å². The lowest BCUT2D eigenvalue weighted by Gasteiger charge is -2.16. The molecule has 0 aliphatic carbocycles. The van der Waals surface area contributed by atoms with E-state index in [4.69, 9.17) is 10.5 Å². The van der Waals surface area contributed by atoms with E-state index in [1.165, 1.54) is 6.07 Å². The number of hydrogen-bond acceptors (Lipinski definition) is 2. The van der Waals surface area contributed by atoms with Crippen molar-refractivity contribution in [3.63, 3.8) is 0 Å². The van der Waals surface area contributed by atoms with Crippen LogP contribution in [0.4, 0.5) is 4.39 Å². The highest BCUT2D eigenvalue weighted by atomic mass is 79.9. The first-order valence-corrected chi connectivity index (χ1v) is 7.74. The lowest BCUT2D eigenvalue weighted by atomic mass is 9.99. The first-order chi connectivity index (χ1) is 9.52. The predicted molar refractivity (Wildman–Crippen MR) is 85.4 cm³/mol. The summed E-state index contributed by atoms with van der Waals surface area (Å²) in [6, 6.07) is 9.87. The van der Waals surface area contributed by atoms with Gasteiger partial charge < -0.3 is 10.5 Å². The van der Waals surface area contributed by atoms with E-state index in [2.05, 4.69) is 31.9 Å². The molecule has 0 heterocycles. The molecule has 2 nitrogen and oxygen atoms in total. The summed E-state index contributed by atoms with van der Waals surface area (Å²) >= 11 is 6.70. The minimum Gasteiger partial charge on any atom is -0.494 e. The standard InChI is InChI=1S/C15H14Br2FNO/c1-2-20-10-4-6-11(13(17)8-10)15(19)12-5-3-9(16)7-14(12)18/h3-8,15H,2,19H2,1H3. The fourth-order valence-corrected chi connectivity index (χ4v) is 2.88. The Morgan fingerprint density at radius 1 is 1.15 bits per heavy atom. The minimum absolute atomic E-state index is 0.326. The van der Waals surface area contributed by atoms with Gasteiger partial charge in [-0.05, 0) is 36.8 Å². The molecule has 0 radical (unpaired) electrons. The summed E-state index contributed by atoms with van der Waals surface area (Å²) in [4.78, 5) is 0. The van der Waals surface area contributed by atoms with Crippen LogP contribution >= 0.6 is 31.9 Å². The average Bonchev–Trinajstić information content (AvgIpc) is 2.38. The van der Waals surface area contributed by atoms with Crippen LogP contribution in [-0.2, 0) is 0 Å². The molecule has 2 aromatic carbocycles. The molecule has 0 aliphatic rings. The zero-order valence-electron chi connectivity index (χ0n) is 10.9. The van der Waals surface area contributed by atoms with Gasteiger partial charge in [-0.15, -0.1) is 0 Å². The molecule has 0 fully saturated rings. The monoisotopic (exact) mass is 401 g/mol. The lowest BCUT2D eigenvalue weighted by molar-refractivity contribution is 0.340. The molecular weight excluding hydrogens is 389 g/mol. The molecule has 0 saturated heterocycles. The van der Waals surface area contributed by atoms with Crippen LogP contribution in [0.25, 0.3) is 0 Å². The second-order valence-electron chi connectivity index (χ2n) is 4.26. The molecule has 0 aromatic heterocycles. The molecular formula is C15H14Br2FNO. The SMILES string of the molecule is CCOc1ccc(C(N)c2ccc(Br)cc2F)c(Br)c1. The maximum absolute atomic E-state index is 14.0. The Morgan fingerprint density at radius 3 is 2.45 bits per heavy atom. The van der Waals surface area contributed by atoms with Crippen molar-refractivity contribution in [1.82, 2.24) is 0 Å². The highest BCUT2D eigenvalue weighted by molar-refractivity contribution is 9.10. The lowest BCUT2D eigenvalue weighted by Crippen LogP contribution is -2.14. The number of rotatable bonds is 4. The fourth-order valence-electron chi connectivity index (χ4n) is 1.94. The smallest absolute Gasteiger partial charge is 0.129 e. The van der Waals surface area contributed by atoms with Gasteiger partial charge in [0.05, 0.1) is 12.6 Å². The van der Waals surface area contributed by atoms with Crippen LogP contribution in [0.3, 0.4) is 0 Å². The molecule has 2 aromatic rings. The van der Waals surface area contributed by atoms with Crippen LogP contribution < -0.4 is 10.5 Å². The van der Waals surface area contributed by atoms with Gasteiger partial charge in [-0.1, -0.05) is 44.0 Å². The Kier molecular flexibility index (Phi) is 5.18. The van der Waals surface area contributed by atoms with E-state index < -0.39 is 6.04 Å². The van der Waals surface area contributed by atoms with Crippen molar-refractivity contribution in [3.05, 3.63) is 62.3 Å². The van der Waals surface area contributed by atoms with E-state index in [-0.39, 0.29) is 5.82 Å². The number of ether oxygens (including phenoxy) is 1. The number of nitrogens with two attached hydrogens (primary N) is 1. The molecule has 2 N–H and O–H groups in total. The highest BCUT2D eigenvalue weighted by Gasteiger charge is 2.16. The zero-order valence-corrected chi connectivity index (χ0v) is 14.0. The summed E-state index contributed by atoms with van der Waals surface area (Å²) < 4.78 is 20.9. The van der Waals surface area contributed by atoms with E-state index in [1.807, 2.05) is 25.1 Å². The van der Waals surface area contributed by atoms with Gasteiger partial charge in [-0.3, -0.25) is 0 Å². The van der Waals surface area contributed by atoms with Crippen molar-refractivity contribution in [2.24, 2.45) is 5.73 Å². The van der Waals surface area contributed by atoms with Gasteiger partial charge in [0.1, 0.15) is 11.6 Å². The Balaban J connectivity index is 2.35. The molecule has 0 saturated carbocycles. The van der Waals surface area contributed by atoms with E-state index >= 15 is 0 Å². The molecule has 0 amide bonds. The summed E-state index contributed by atoms with van der Waals surface area (Å²) in [5, 5.41) is 0. The maximum Gasteiger partial charge on any atom is 0.129 e. The Morgan fingerprint density at radius 2 is 1.85 bits per heavy atom. The van der Waals surface area contributed by atoms with Crippen molar-refractivity contribution < 1.29 is 9.13 Å². The molecule has 1 unspecified atom stereocenters. The van der Waals surface area contributed by atoms with Gasteiger partial charge in [0, 0.05) is 14.5 Å². The van der Waals surface area contributed by atoms with Crippen LogP contribution in [0.2, 0.25) is 0 Å². The van der Waals surface area contributed by atoms with Gasteiger partial charge >= 0.3 is 0 Å². The van der Waals surface area contributed by atoms with E-state index in [9.17, 15) is 4.39 Å². The third-order valence-corrected chi connectivity index (χ3v) is 4.10.